The summed E-state index contributed by atoms with van der Waals surface area (Å²) in [6, 6.07) is 8.93. The van der Waals surface area contributed by atoms with Crippen LogP contribution in [0.25, 0.3) is 11.0 Å². The van der Waals surface area contributed by atoms with Gasteiger partial charge in [0.1, 0.15) is 35.5 Å². The molecule has 0 unspecified atom stereocenters. The number of alkyl carbamates (subject to hydrolysis) is 1. The lowest BCUT2D eigenvalue weighted by molar-refractivity contribution is -0.139. The molecule has 3 rings (SSSR count). The van der Waals surface area contributed by atoms with Crippen LogP contribution in [-0.4, -0.2) is 53.0 Å². The first kappa shape index (κ1) is 29.2. The van der Waals surface area contributed by atoms with Gasteiger partial charge in [0, 0.05) is 33.5 Å². The number of nitrogens with zero attached hydrogens (tertiary/aromatic N) is 2. The minimum Gasteiger partial charge on any atom is -0.480 e. The molecule has 0 aliphatic rings. The van der Waals surface area contributed by atoms with E-state index in [0.29, 0.717) is 18.2 Å². The Bertz CT molecular complexity index is 1260. The molecule has 0 saturated heterocycles. The van der Waals surface area contributed by atoms with Crippen molar-refractivity contribution in [1.29, 1.82) is 0 Å². The van der Waals surface area contributed by atoms with Gasteiger partial charge in [-0.05, 0) is 63.1 Å². The lowest BCUT2D eigenvalue weighted by atomic mass is 10.1. The molecule has 9 nitrogen and oxygen atoms in total. The van der Waals surface area contributed by atoms with E-state index in [1.54, 1.807) is 51.2 Å². The third-order valence-corrected chi connectivity index (χ3v) is 7.42. The van der Waals surface area contributed by atoms with Gasteiger partial charge in [0.15, 0.2) is 0 Å². The number of carbonyl (C=O) groups is 2. The number of ether oxygens (including phenoxy) is 3. The van der Waals surface area contributed by atoms with Gasteiger partial charge in [-0.15, -0.1) is 0 Å². The number of pyridine rings is 1. The topological polar surface area (TPSA) is 112 Å². The van der Waals surface area contributed by atoms with Crippen LogP contribution in [0.1, 0.15) is 31.9 Å². The van der Waals surface area contributed by atoms with Crippen LogP contribution in [0.2, 0.25) is 25.7 Å². The van der Waals surface area contributed by atoms with E-state index in [0.717, 1.165) is 34.8 Å². The molecule has 10 heteroatoms. The van der Waals surface area contributed by atoms with Gasteiger partial charge in [-0.1, -0.05) is 31.8 Å². The molecular formula is C28H39N3O6Si. The van der Waals surface area contributed by atoms with Crippen LogP contribution in [-0.2, 0) is 27.4 Å². The van der Waals surface area contributed by atoms with E-state index in [9.17, 15) is 14.7 Å². The molecule has 0 spiro atoms. The Hall–Kier alpha value is -3.37. The molecule has 3 aromatic rings. The molecular weight excluding hydrogens is 502 g/mol. The van der Waals surface area contributed by atoms with Crippen LogP contribution >= 0.6 is 0 Å². The van der Waals surface area contributed by atoms with E-state index in [1.807, 2.05) is 23.8 Å². The third-order valence-electron chi connectivity index (χ3n) is 5.72. The molecule has 0 aliphatic carbocycles. The van der Waals surface area contributed by atoms with E-state index < -0.39 is 31.8 Å². The van der Waals surface area contributed by atoms with Crippen molar-refractivity contribution in [3.63, 3.8) is 0 Å². The average Bonchev–Trinajstić information content (AvgIpc) is 3.12. The first-order chi connectivity index (χ1) is 17.7. The summed E-state index contributed by atoms with van der Waals surface area (Å²) in [6.07, 6.45) is 3.07. The summed E-state index contributed by atoms with van der Waals surface area (Å²) in [5.74, 6) is 0.141. The van der Waals surface area contributed by atoms with Gasteiger partial charge in [-0.25, -0.2) is 14.6 Å². The summed E-state index contributed by atoms with van der Waals surface area (Å²) in [7, 11) is -1.15. The zero-order chi connectivity index (χ0) is 28.1. The Morgan fingerprint density at radius 3 is 2.42 bits per heavy atom. The number of aromatic nitrogens is 2. The van der Waals surface area contributed by atoms with Gasteiger partial charge in [0.05, 0.1) is 5.39 Å². The monoisotopic (exact) mass is 541 g/mol. The van der Waals surface area contributed by atoms with Gasteiger partial charge in [-0.3, -0.25) is 0 Å². The van der Waals surface area contributed by atoms with Crippen LogP contribution in [0.15, 0.2) is 42.7 Å². The number of carboxylic acids is 1. The fourth-order valence-corrected chi connectivity index (χ4v) is 4.57. The van der Waals surface area contributed by atoms with Crippen LogP contribution in [0.3, 0.4) is 0 Å². The number of nitrogens with one attached hydrogen (secondary N) is 1. The maximum Gasteiger partial charge on any atom is 0.408 e. The predicted molar refractivity (Wildman–Crippen MR) is 150 cm³/mol. The predicted octanol–water partition coefficient (Wildman–Crippen LogP) is 5.97. The quantitative estimate of drug-likeness (QED) is 0.227. The summed E-state index contributed by atoms with van der Waals surface area (Å²) in [5.41, 5.74) is 1.84. The standard InChI is InChI=1S/C28H39N3O6Si/c1-19-17-31(18-35-14-15-38(5,6)7)25-24(19)23(12-13-29-25)36-21-10-8-20(9-11-21)16-22(26(32)33)30-27(34)37-28(2,3)4/h8-13,17,22H,14-16,18H2,1-7H3,(H,30,34)(H,32,33)/t22-/m0/s1. The van der Waals surface area contributed by atoms with E-state index in [2.05, 4.69) is 29.9 Å². The van der Waals surface area contributed by atoms with Gasteiger partial charge in [-0.2, -0.15) is 0 Å². The normalized spacial score (nSPS) is 12.8. The Morgan fingerprint density at radius 1 is 1.13 bits per heavy atom. The number of aryl methyl sites for hydroxylation is 1. The summed E-state index contributed by atoms with van der Waals surface area (Å²) < 4.78 is 19.3. The Labute approximate surface area is 225 Å². The van der Waals surface area contributed by atoms with Crippen molar-refractivity contribution in [3.8, 4) is 11.5 Å². The Balaban J connectivity index is 1.68. The number of aliphatic carboxylic acids is 1. The van der Waals surface area contributed by atoms with Gasteiger partial charge in [0.25, 0.3) is 0 Å². The van der Waals surface area contributed by atoms with E-state index in [-0.39, 0.29) is 6.42 Å². The molecule has 1 amide bonds. The van der Waals surface area contributed by atoms with Crippen LogP contribution < -0.4 is 10.1 Å². The second-order valence-electron chi connectivity index (χ2n) is 11.6. The highest BCUT2D eigenvalue weighted by Gasteiger charge is 2.24. The maximum absolute atomic E-state index is 12.0. The molecule has 38 heavy (non-hydrogen) atoms. The SMILES string of the molecule is Cc1cn(COCC[Si](C)(C)C)c2nccc(Oc3ccc(C[C@H](NC(=O)OC(C)(C)C)C(=O)O)cc3)c12. The Morgan fingerprint density at radius 2 is 1.82 bits per heavy atom. The van der Waals surface area contributed by atoms with E-state index in [4.69, 9.17) is 14.2 Å². The molecule has 2 aromatic heterocycles. The molecule has 0 radical (unpaired) electrons. The molecule has 1 aromatic carbocycles. The highest BCUT2D eigenvalue weighted by molar-refractivity contribution is 6.76. The Kier molecular flexibility index (Phi) is 9.21. The largest absolute Gasteiger partial charge is 0.480 e. The molecule has 2 heterocycles. The van der Waals surface area contributed by atoms with Crippen molar-refractivity contribution in [3.05, 3.63) is 53.9 Å². The lowest BCUT2D eigenvalue weighted by Gasteiger charge is -2.22. The molecule has 206 valence electrons. The molecule has 1 atom stereocenters. The smallest absolute Gasteiger partial charge is 0.408 e. The lowest BCUT2D eigenvalue weighted by Crippen LogP contribution is -2.44. The van der Waals surface area contributed by atoms with Gasteiger partial charge < -0.3 is 29.2 Å². The number of carbonyl (C=O) groups excluding carboxylic acids is 1. The van der Waals surface area contributed by atoms with Crippen molar-refractivity contribution < 1.29 is 28.9 Å². The number of benzene rings is 1. The molecule has 0 saturated carbocycles. The number of amides is 1. The summed E-state index contributed by atoms with van der Waals surface area (Å²) >= 11 is 0. The van der Waals surface area contributed by atoms with Gasteiger partial charge in [0.2, 0.25) is 0 Å². The minimum absolute atomic E-state index is 0.105. The van der Waals surface area contributed by atoms with E-state index >= 15 is 0 Å². The van der Waals surface area contributed by atoms with Crippen molar-refractivity contribution in [2.45, 2.75) is 78.2 Å². The van der Waals surface area contributed by atoms with Crippen molar-refractivity contribution in [2.75, 3.05) is 6.61 Å². The van der Waals surface area contributed by atoms with Crippen LogP contribution in [0, 0.1) is 6.92 Å². The fourth-order valence-electron chi connectivity index (χ4n) is 3.81. The van der Waals surface area contributed by atoms with E-state index in [1.165, 1.54) is 0 Å². The number of carboxylic acid groups (broad SMARTS) is 1. The van der Waals surface area contributed by atoms with Crippen LogP contribution in [0.5, 0.6) is 11.5 Å². The summed E-state index contributed by atoms with van der Waals surface area (Å²) in [4.78, 5) is 28.3. The molecule has 0 aliphatic heterocycles. The van der Waals surface area contributed by atoms with Crippen LogP contribution in [0.4, 0.5) is 4.79 Å². The molecule has 0 bridgehead atoms. The van der Waals surface area contributed by atoms with Crippen molar-refractivity contribution in [1.82, 2.24) is 14.9 Å². The summed E-state index contributed by atoms with van der Waals surface area (Å²) in [6.45, 7) is 15.3. The third kappa shape index (κ3) is 8.59. The maximum atomic E-state index is 12.0. The zero-order valence-electron chi connectivity index (χ0n) is 23.3. The number of rotatable bonds is 11. The molecule has 2 N–H and O–H groups in total. The first-order valence-electron chi connectivity index (χ1n) is 12.7. The number of hydrogen-bond donors (Lipinski definition) is 2. The zero-order valence-corrected chi connectivity index (χ0v) is 24.3. The molecule has 0 fully saturated rings. The van der Waals surface area contributed by atoms with Crippen molar-refractivity contribution >= 4 is 31.2 Å². The average molecular weight is 542 g/mol. The number of fused-ring (bicyclic) bond motifs is 1. The second kappa shape index (κ2) is 12.0. The first-order valence-corrected chi connectivity index (χ1v) is 16.4. The van der Waals surface area contributed by atoms with Gasteiger partial charge >= 0.3 is 12.1 Å². The highest BCUT2D eigenvalue weighted by Crippen LogP contribution is 2.32. The highest BCUT2D eigenvalue weighted by atomic mass is 28.3. The number of hydrogen-bond acceptors (Lipinski definition) is 6. The summed E-state index contributed by atoms with van der Waals surface area (Å²) in [5, 5.41) is 12.9. The fraction of sp³-hybridized carbons (Fsp3) is 0.464. The second-order valence-corrected chi connectivity index (χ2v) is 17.2. The minimum atomic E-state index is -1.15. The van der Waals surface area contributed by atoms with Crippen molar-refractivity contribution in [2.24, 2.45) is 0 Å².